The minimum absolute atomic E-state index is 0.0535. The number of benzene rings is 3. The number of rotatable bonds is 6. The van der Waals surface area contributed by atoms with E-state index in [0.717, 1.165) is 25.7 Å². The summed E-state index contributed by atoms with van der Waals surface area (Å²) in [4.78, 5) is 12.4. The molecular weight excluding hydrogens is 612 g/mol. The Morgan fingerprint density at radius 2 is 1.85 bits per heavy atom. The third-order valence-corrected chi connectivity index (χ3v) is 5.76. The van der Waals surface area contributed by atoms with Crippen molar-refractivity contribution in [2.75, 3.05) is 5.32 Å². The molecule has 0 bridgehead atoms. The number of halogens is 5. The van der Waals surface area contributed by atoms with Crippen molar-refractivity contribution in [3.8, 4) is 11.8 Å². The number of carbonyl (C=O) groups is 1. The second-order valence-electron chi connectivity index (χ2n) is 6.81. The molecule has 0 saturated carbocycles. The smallest absolute Gasteiger partial charge is 0.416 e. The van der Waals surface area contributed by atoms with Gasteiger partial charge in [-0.1, -0.05) is 40.2 Å². The van der Waals surface area contributed by atoms with Crippen LogP contribution in [0.1, 0.15) is 16.7 Å². The van der Waals surface area contributed by atoms with Crippen LogP contribution >= 0.6 is 38.5 Å². The topological polar surface area (TPSA) is 62.1 Å². The fourth-order valence-corrected chi connectivity index (χ4v) is 3.71. The van der Waals surface area contributed by atoms with Crippen LogP contribution in [0.5, 0.6) is 5.75 Å². The molecule has 4 nitrogen and oxygen atoms in total. The first kappa shape index (κ1) is 24.8. The lowest BCUT2D eigenvalue weighted by Gasteiger charge is -2.10. The maximum absolute atomic E-state index is 12.9. The maximum atomic E-state index is 12.9. The van der Waals surface area contributed by atoms with Crippen LogP contribution in [-0.2, 0) is 17.6 Å². The van der Waals surface area contributed by atoms with Crippen LogP contribution in [-0.4, -0.2) is 5.91 Å². The molecule has 0 fully saturated rings. The highest BCUT2D eigenvalue weighted by molar-refractivity contribution is 14.1. The highest BCUT2D eigenvalue weighted by Crippen LogP contribution is 2.31. The maximum Gasteiger partial charge on any atom is 0.416 e. The molecule has 0 aliphatic rings. The molecule has 9 heteroatoms. The summed E-state index contributed by atoms with van der Waals surface area (Å²) in [7, 11) is 0. The van der Waals surface area contributed by atoms with Gasteiger partial charge in [0, 0.05) is 10.2 Å². The van der Waals surface area contributed by atoms with E-state index in [9.17, 15) is 23.2 Å². The SMILES string of the molecule is N#C/C(=C/c1ccc(OCc2ccc(Br)cc2)c(I)c1)C(=O)Nc1cccc(C(F)(F)F)c1. The van der Waals surface area contributed by atoms with E-state index < -0.39 is 17.6 Å². The van der Waals surface area contributed by atoms with E-state index >= 15 is 0 Å². The van der Waals surface area contributed by atoms with Crippen molar-refractivity contribution in [3.05, 3.63) is 97.0 Å². The van der Waals surface area contributed by atoms with E-state index in [1.807, 2.05) is 24.3 Å². The van der Waals surface area contributed by atoms with E-state index in [-0.39, 0.29) is 11.3 Å². The molecule has 0 heterocycles. The lowest BCUT2D eigenvalue weighted by atomic mass is 10.1. The number of alkyl halides is 3. The van der Waals surface area contributed by atoms with Gasteiger partial charge in [-0.15, -0.1) is 0 Å². The number of hydrogen-bond acceptors (Lipinski definition) is 3. The number of ether oxygens (including phenoxy) is 1. The van der Waals surface area contributed by atoms with Crippen LogP contribution < -0.4 is 10.1 Å². The Morgan fingerprint density at radius 3 is 2.48 bits per heavy atom. The molecule has 0 atom stereocenters. The highest BCUT2D eigenvalue weighted by atomic mass is 127. The van der Waals surface area contributed by atoms with E-state index in [0.29, 0.717) is 17.9 Å². The van der Waals surface area contributed by atoms with Crippen molar-refractivity contribution in [2.24, 2.45) is 0 Å². The normalized spacial score (nSPS) is 11.6. The number of hydrogen-bond donors (Lipinski definition) is 1. The van der Waals surface area contributed by atoms with Crippen molar-refractivity contribution in [2.45, 2.75) is 12.8 Å². The van der Waals surface area contributed by atoms with Gasteiger partial charge in [0.25, 0.3) is 5.91 Å². The second-order valence-corrected chi connectivity index (χ2v) is 8.89. The zero-order valence-electron chi connectivity index (χ0n) is 16.8. The first-order chi connectivity index (χ1) is 15.7. The summed E-state index contributed by atoms with van der Waals surface area (Å²) in [6.07, 6.45) is -3.17. The molecule has 3 aromatic rings. The molecule has 0 spiro atoms. The molecule has 0 aliphatic carbocycles. The first-order valence-corrected chi connectivity index (χ1v) is 11.3. The molecule has 168 valence electrons. The summed E-state index contributed by atoms with van der Waals surface area (Å²) < 4.78 is 46.2. The molecule has 0 saturated heterocycles. The second kappa shape index (κ2) is 10.9. The average molecular weight is 627 g/mol. The molecular formula is C24H15BrF3IN2O2. The molecule has 0 aliphatic heterocycles. The summed E-state index contributed by atoms with van der Waals surface area (Å²) in [6, 6.07) is 18.9. The van der Waals surface area contributed by atoms with Crippen LogP contribution in [0.4, 0.5) is 18.9 Å². The molecule has 0 unspecified atom stereocenters. The Labute approximate surface area is 210 Å². The van der Waals surface area contributed by atoms with Crippen molar-refractivity contribution in [3.63, 3.8) is 0 Å². The Kier molecular flexibility index (Phi) is 8.15. The monoisotopic (exact) mass is 626 g/mol. The summed E-state index contributed by atoms with van der Waals surface area (Å²) >= 11 is 5.47. The minimum atomic E-state index is -4.54. The van der Waals surface area contributed by atoms with Crippen LogP contribution in [0, 0.1) is 14.9 Å². The number of nitrogens with zero attached hydrogens (tertiary/aromatic N) is 1. The van der Waals surface area contributed by atoms with Crippen molar-refractivity contribution in [1.82, 2.24) is 0 Å². The van der Waals surface area contributed by atoms with Crippen molar-refractivity contribution >= 4 is 56.2 Å². The predicted octanol–water partition coefficient (Wildman–Crippen LogP) is 7.20. The predicted molar refractivity (Wildman–Crippen MR) is 131 cm³/mol. The Bertz CT molecular complexity index is 1240. The van der Waals surface area contributed by atoms with Gasteiger partial charge in [-0.3, -0.25) is 4.79 Å². The standard InChI is InChI=1S/C24H15BrF3IN2O2/c25-19-7-4-15(5-8-19)14-33-22-9-6-16(11-21(22)29)10-17(13-30)23(32)31-20-3-1-2-18(12-20)24(26,27)28/h1-12H,14H2,(H,31,32)/b17-10-. The number of nitrogens with one attached hydrogen (secondary N) is 1. The van der Waals surface area contributed by atoms with Crippen LogP contribution in [0.3, 0.4) is 0 Å². The lowest BCUT2D eigenvalue weighted by Crippen LogP contribution is -2.14. The summed E-state index contributed by atoms with van der Waals surface area (Å²) in [6.45, 7) is 0.376. The Balaban J connectivity index is 1.71. The molecule has 1 amide bonds. The quantitative estimate of drug-likeness (QED) is 0.179. The van der Waals surface area contributed by atoms with Crippen LogP contribution in [0.25, 0.3) is 6.08 Å². The Morgan fingerprint density at radius 1 is 1.12 bits per heavy atom. The number of carbonyl (C=O) groups excluding carboxylic acids is 1. The van der Waals surface area contributed by atoms with Crippen LogP contribution in [0.2, 0.25) is 0 Å². The number of anilines is 1. The fourth-order valence-electron chi connectivity index (χ4n) is 2.75. The van der Waals surface area contributed by atoms with Crippen molar-refractivity contribution in [1.29, 1.82) is 5.26 Å². The van der Waals surface area contributed by atoms with Gasteiger partial charge in [0.15, 0.2) is 0 Å². The third kappa shape index (κ3) is 7.07. The molecule has 3 aromatic carbocycles. The van der Waals surface area contributed by atoms with Gasteiger partial charge in [0.1, 0.15) is 24.0 Å². The zero-order valence-corrected chi connectivity index (χ0v) is 20.5. The van der Waals surface area contributed by atoms with Gasteiger partial charge >= 0.3 is 6.18 Å². The van der Waals surface area contributed by atoms with Gasteiger partial charge in [0.2, 0.25) is 0 Å². The van der Waals surface area contributed by atoms with Gasteiger partial charge in [-0.05, 0) is 82.3 Å². The lowest BCUT2D eigenvalue weighted by molar-refractivity contribution is -0.137. The number of amides is 1. The molecule has 1 N–H and O–H groups in total. The van der Waals surface area contributed by atoms with E-state index in [4.69, 9.17) is 4.74 Å². The fraction of sp³-hybridized carbons (Fsp3) is 0.0833. The molecule has 0 aromatic heterocycles. The summed E-state index contributed by atoms with van der Waals surface area (Å²) in [5, 5.41) is 11.7. The van der Waals surface area contributed by atoms with Gasteiger partial charge in [-0.25, -0.2) is 0 Å². The van der Waals surface area contributed by atoms with E-state index in [2.05, 4.69) is 43.8 Å². The van der Waals surface area contributed by atoms with Crippen molar-refractivity contribution < 1.29 is 22.7 Å². The van der Waals surface area contributed by atoms with E-state index in [1.54, 1.807) is 24.3 Å². The third-order valence-electron chi connectivity index (χ3n) is 4.39. The molecule has 33 heavy (non-hydrogen) atoms. The zero-order chi connectivity index (χ0) is 24.0. The Hall–Kier alpha value is -2.84. The van der Waals surface area contributed by atoms with Gasteiger partial charge in [-0.2, -0.15) is 18.4 Å². The van der Waals surface area contributed by atoms with Gasteiger partial charge < -0.3 is 10.1 Å². The summed E-state index contributed by atoms with van der Waals surface area (Å²) in [5.41, 5.74) is 0.382. The van der Waals surface area contributed by atoms with Crippen LogP contribution in [0.15, 0.2) is 76.8 Å². The molecule has 0 radical (unpaired) electrons. The van der Waals surface area contributed by atoms with E-state index in [1.165, 1.54) is 18.2 Å². The average Bonchev–Trinajstić information content (AvgIpc) is 2.77. The summed E-state index contributed by atoms with van der Waals surface area (Å²) in [5.74, 6) is -0.162. The first-order valence-electron chi connectivity index (χ1n) is 9.43. The minimum Gasteiger partial charge on any atom is -0.488 e. The van der Waals surface area contributed by atoms with Gasteiger partial charge in [0.05, 0.1) is 9.13 Å². The molecule has 3 rings (SSSR count). The highest BCUT2D eigenvalue weighted by Gasteiger charge is 2.30. The number of nitriles is 1. The largest absolute Gasteiger partial charge is 0.488 e.